The number of ether oxygens (including phenoxy) is 1. The van der Waals surface area contributed by atoms with Crippen molar-refractivity contribution >= 4 is 22.4 Å². The lowest BCUT2D eigenvalue weighted by Crippen LogP contribution is -2.26. The van der Waals surface area contributed by atoms with E-state index in [1.54, 1.807) is 31.2 Å². The van der Waals surface area contributed by atoms with Crippen molar-refractivity contribution < 1.29 is 9.53 Å². The molecule has 0 aliphatic carbocycles. The number of pyridine rings is 1. The standard InChI is InChI=1S/C18H16N2O2/c1-20(18(21)15-8-10-17(22-2)19-12-15)16-9-7-13-5-3-4-6-14(13)11-16/h3-12H,1-2H3. The molecule has 110 valence electrons. The molecule has 0 radical (unpaired) electrons. The highest BCUT2D eigenvalue weighted by atomic mass is 16.5. The quantitative estimate of drug-likeness (QED) is 0.741. The Bertz CT molecular complexity index is 813. The molecule has 3 rings (SSSR count). The predicted molar refractivity (Wildman–Crippen MR) is 87.5 cm³/mol. The van der Waals surface area contributed by atoms with Crippen LogP contribution in [0.3, 0.4) is 0 Å². The van der Waals surface area contributed by atoms with Crippen LogP contribution in [-0.4, -0.2) is 25.0 Å². The summed E-state index contributed by atoms with van der Waals surface area (Å²) in [5.74, 6) is 0.385. The molecule has 0 fully saturated rings. The average molecular weight is 292 g/mol. The topological polar surface area (TPSA) is 42.4 Å². The van der Waals surface area contributed by atoms with E-state index in [1.165, 1.54) is 6.20 Å². The monoisotopic (exact) mass is 292 g/mol. The van der Waals surface area contributed by atoms with Gasteiger partial charge in [0.2, 0.25) is 5.88 Å². The van der Waals surface area contributed by atoms with Crippen LogP contribution in [0.15, 0.2) is 60.8 Å². The van der Waals surface area contributed by atoms with Gasteiger partial charge in [0.15, 0.2) is 0 Å². The van der Waals surface area contributed by atoms with Crippen molar-refractivity contribution in [3.63, 3.8) is 0 Å². The number of hydrogen-bond donors (Lipinski definition) is 0. The minimum atomic E-state index is -0.106. The number of anilines is 1. The number of aromatic nitrogens is 1. The number of hydrogen-bond acceptors (Lipinski definition) is 3. The normalized spacial score (nSPS) is 10.5. The number of fused-ring (bicyclic) bond motifs is 1. The molecule has 0 unspecified atom stereocenters. The van der Waals surface area contributed by atoms with Crippen molar-refractivity contribution in [3.8, 4) is 5.88 Å². The van der Waals surface area contributed by atoms with E-state index in [-0.39, 0.29) is 5.91 Å². The van der Waals surface area contributed by atoms with Crippen LogP contribution in [0, 0.1) is 0 Å². The largest absolute Gasteiger partial charge is 0.481 e. The Labute approximate surface area is 129 Å². The van der Waals surface area contributed by atoms with Crippen molar-refractivity contribution in [1.29, 1.82) is 0 Å². The van der Waals surface area contributed by atoms with Crippen LogP contribution in [0.1, 0.15) is 10.4 Å². The van der Waals surface area contributed by atoms with Crippen LogP contribution in [-0.2, 0) is 0 Å². The summed E-state index contributed by atoms with van der Waals surface area (Å²) in [6.07, 6.45) is 1.53. The molecule has 0 saturated carbocycles. The van der Waals surface area contributed by atoms with Gasteiger partial charge in [0.1, 0.15) is 0 Å². The molecule has 22 heavy (non-hydrogen) atoms. The highest BCUT2D eigenvalue weighted by Gasteiger charge is 2.14. The Morgan fingerprint density at radius 2 is 1.82 bits per heavy atom. The zero-order valence-electron chi connectivity index (χ0n) is 12.5. The third-order valence-electron chi connectivity index (χ3n) is 3.62. The Morgan fingerprint density at radius 3 is 2.50 bits per heavy atom. The van der Waals surface area contributed by atoms with Gasteiger partial charge in [-0.05, 0) is 29.0 Å². The van der Waals surface area contributed by atoms with E-state index < -0.39 is 0 Å². The van der Waals surface area contributed by atoms with E-state index in [0.717, 1.165) is 16.5 Å². The van der Waals surface area contributed by atoms with Gasteiger partial charge in [-0.25, -0.2) is 4.98 Å². The maximum Gasteiger partial charge on any atom is 0.259 e. The van der Waals surface area contributed by atoms with Crippen LogP contribution < -0.4 is 9.64 Å². The summed E-state index contributed by atoms with van der Waals surface area (Å²) < 4.78 is 5.01. The molecule has 0 spiro atoms. The van der Waals surface area contributed by atoms with Crippen LogP contribution >= 0.6 is 0 Å². The highest BCUT2D eigenvalue weighted by Crippen LogP contribution is 2.22. The summed E-state index contributed by atoms with van der Waals surface area (Å²) in [7, 11) is 3.31. The van der Waals surface area contributed by atoms with Gasteiger partial charge in [0.25, 0.3) is 5.91 Å². The molecule has 1 aromatic heterocycles. The zero-order valence-corrected chi connectivity index (χ0v) is 12.5. The highest BCUT2D eigenvalue weighted by molar-refractivity contribution is 6.06. The van der Waals surface area contributed by atoms with E-state index in [2.05, 4.69) is 4.98 Å². The first kappa shape index (κ1) is 14.1. The maximum absolute atomic E-state index is 12.5. The fourth-order valence-electron chi connectivity index (χ4n) is 2.32. The molecule has 0 aliphatic rings. The summed E-state index contributed by atoms with van der Waals surface area (Å²) in [5, 5.41) is 2.26. The van der Waals surface area contributed by atoms with Crippen molar-refractivity contribution in [1.82, 2.24) is 4.98 Å². The first-order valence-electron chi connectivity index (χ1n) is 6.96. The minimum absolute atomic E-state index is 0.106. The lowest BCUT2D eigenvalue weighted by Gasteiger charge is -2.18. The van der Waals surface area contributed by atoms with Gasteiger partial charge in [-0.2, -0.15) is 0 Å². The lowest BCUT2D eigenvalue weighted by molar-refractivity contribution is 0.0992. The summed E-state index contributed by atoms with van der Waals surface area (Å²) in [6.45, 7) is 0. The Kier molecular flexibility index (Phi) is 3.74. The fourth-order valence-corrected chi connectivity index (χ4v) is 2.32. The van der Waals surface area contributed by atoms with Gasteiger partial charge in [0, 0.05) is 25.0 Å². The molecule has 0 N–H and O–H groups in total. The SMILES string of the molecule is COc1ccc(C(=O)N(C)c2ccc3ccccc3c2)cn1. The molecular weight excluding hydrogens is 276 g/mol. The molecule has 0 aliphatic heterocycles. The van der Waals surface area contributed by atoms with Gasteiger partial charge < -0.3 is 9.64 Å². The summed E-state index contributed by atoms with van der Waals surface area (Å²) in [5.41, 5.74) is 1.37. The van der Waals surface area contributed by atoms with Crippen molar-refractivity contribution in [2.75, 3.05) is 19.1 Å². The van der Waals surface area contributed by atoms with Crippen molar-refractivity contribution in [2.45, 2.75) is 0 Å². The number of carbonyl (C=O) groups excluding carboxylic acids is 1. The molecule has 0 atom stereocenters. The van der Waals surface area contributed by atoms with Crippen LogP contribution in [0.25, 0.3) is 10.8 Å². The van der Waals surface area contributed by atoms with E-state index >= 15 is 0 Å². The van der Waals surface area contributed by atoms with Crippen LogP contribution in [0.5, 0.6) is 5.88 Å². The second-order valence-corrected chi connectivity index (χ2v) is 4.98. The molecule has 0 bridgehead atoms. The number of carbonyl (C=O) groups is 1. The second kappa shape index (κ2) is 5.85. The number of rotatable bonds is 3. The van der Waals surface area contributed by atoms with E-state index in [4.69, 9.17) is 4.74 Å². The second-order valence-electron chi connectivity index (χ2n) is 4.98. The smallest absolute Gasteiger partial charge is 0.259 e. The molecule has 2 aromatic carbocycles. The van der Waals surface area contributed by atoms with Crippen LogP contribution in [0.4, 0.5) is 5.69 Å². The zero-order chi connectivity index (χ0) is 15.5. The lowest BCUT2D eigenvalue weighted by atomic mass is 10.1. The van der Waals surface area contributed by atoms with Crippen molar-refractivity contribution in [2.24, 2.45) is 0 Å². The maximum atomic E-state index is 12.5. The van der Waals surface area contributed by atoms with Crippen LogP contribution in [0.2, 0.25) is 0 Å². The number of benzene rings is 2. The Hall–Kier alpha value is -2.88. The molecule has 4 nitrogen and oxygen atoms in total. The molecule has 1 amide bonds. The van der Waals surface area contributed by atoms with Gasteiger partial charge in [-0.15, -0.1) is 0 Å². The number of methoxy groups -OCH3 is 1. The fraction of sp³-hybridized carbons (Fsp3) is 0.111. The average Bonchev–Trinajstić information content (AvgIpc) is 2.60. The summed E-state index contributed by atoms with van der Waals surface area (Å²) in [6, 6.07) is 17.4. The predicted octanol–water partition coefficient (Wildman–Crippen LogP) is 3.52. The first-order chi connectivity index (χ1) is 10.7. The van der Waals surface area contributed by atoms with Gasteiger partial charge in [-0.3, -0.25) is 4.79 Å². The molecular formula is C18H16N2O2. The van der Waals surface area contributed by atoms with Gasteiger partial charge >= 0.3 is 0 Å². The number of nitrogens with zero attached hydrogens (tertiary/aromatic N) is 2. The van der Waals surface area contributed by atoms with E-state index in [1.807, 2.05) is 42.5 Å². The number of amides is 1. The molecule has 0 saturated heterocycles. The van der Waals surface area contributed by atoms with Crippen molar-refractivity contribution in [3.05, 3.63) is 66.4 Å². The van der Waals surface area contributed by atoms with E-state index in [0.29, 0.717) is 11.4 Å². The third-order valence-corrected chi connectivity index (χ3v) is 3.62. The third kappa shape index (κ3) is 2.63. The van der Waals surface area contributed by atoms with E-state index in [9.17, 15) is 4.79 Å². The van der Waals surface area contributed by atoms with Gasteiger partial charge in [-0.1, -0.05) is 30.3 Å². The summed E-state index contributed by atoms with van der Waals surface area (Å²) >= 11 is 0. The first-order valence-corrected chi connectivity index (χ1v) is 6.96. The summed E-state index contributed by atoms with van der Waals surface area (Å²) in [4.78, 5) is 18.2. The Balaban J connectivity index is 1.90. The minimum Gasteiger partial charge on any atom is -0.481 e. The molecule has 3 aromatic rings. The van der Waals surface area contributed by atoms with Gasteiger partial charge in [0.05, 0.1) is 12.7 Å². The molecule has 1 heterocycles. The Morgan fingerprint density at radius 1 is 1.05 bits per heavy atom. The molecule has 4 heteroatoms.